The molecule has 0 atom stereocenters. The van der Waals surface area contributed by atoms with Crippen molar-refractivity contribution < 1.29 is 5.11 Å². The van der Waals surface area contributed by atoms with E-state index in [1.807, 2.05) is 0 Å². The molecule has 2 heterocycles. The van der Waals surface area contributed by atoms with Gasteiger partial charge in [0.15, 0.2) is 0 Å². The minimum Gasteiger partial charge on any atom is -0.394 e. The largest absolute Gasteiger partial charge is 0.394 e. The summed E-state index contributed by atoms with van der Waals surface area (Å²) in [5, 5.41) is 9.19. The first-order valence-corrected chi connectivity index (χ1v) is 4.23. The monoisotopic (exact) mass is 141 g/mol. The highest BCUT2D eigenvalue weighted by Gasteiger charge is 2.43. The molecule has 2 aliphatic heterocycles. The molecule has 0 aromatic rings. The number of aliphatic hydroxyl groups excluding tert-OH is 1. The van der Waals surface area contributed by atoms with Crippen LogP contribution in [-0.2, 0) is 0 Å². The van der Waals surface area contributed by atoms with Crippen molar-refractivity contribution in [3.8, 4) is 0 Å². The molecule has 0 saturated carbocycles. The van der Waals surface area contributed by atoms with E-state index in [9.17, 15) is 5.11 Å². The van der Waals surface area contributed by atoms with Crippen LogP contribution in [0, 0.1) is 0 Å². The third-order valence-electron chi connectivity index (χ3n) is 3.11. The number of hydrogen-bond acceptors (Lipinski definition) is 2. The smallest absolute Gasteiger partial charge is 0.0615 e. The summed E-state index contributed by atoms with van der Waals surface area (Å²) in [6, 6.07) is 0. The molecule has 10 heavy (non-hydrogen) atoms. The molecule has 1 N–H and O–H groups in total. The maximum atomic E-state index is 9.19. The van der Waals surface area contributed by atoms with Crippen molar-refractivity contribution in [2.45, 2.75) is 31.2 Å². The van der Waals surface area contributed by atoms with Gasteiger partial charge in [-0.05, 0) is 38.8 Å². The van der Waals surface area contributed by atoms with Gasteiger partial charge in [0.2, 0.25) is 0 Å². The summed E-state index contributed by atoms with van der Waals surface area (Å²) in [6.07, 6.45) is 5.04. The summed E-state index contributed by atoms with van der Waals surface area (Å²) in [6.45, 7) is 2.83. The topological polar surface area (TPSA) is 23.5 Å². The Morgan fingerprint density at radius 3 is 2.20 bits per heavy atom. The Morgan fingerprint density at radius 1 is 1.20 bits per heavy atom. The molecule has 2 aliphatic rings. The lowest BCUT2D eigenvalue weighted by Gasteiger charge is -2.29. The molecule has 0 amide bonds. The Morgan fingerprint density at radius 2 is 1.80 bits per heavy atom. The first kappa shape index (κ1) is 6.62. The molecule has 2 fully saturated rings. The number of hydrogen-bond donors (Lipinski definition) is 1. The Hall–Kier alpha value is -0.0800. The SMILES string of the molecule is OCC12CCCN1CCC2. The zero-order chi connectivity index (χ0) is 7.03. The van der Waals surface area contributed by atoms with E-state index in [0.717, 1.165) is 0 Å². The molecular formula is C8H15NO. The highest BCUT2D eigenvalue weighted by molar-refractivity contribution is 4.99. The van der Waals surface area contributed by atoms with Gasteiger partial charge in [0.05, 0.1) is 6.61 Å². The summed E-state index contributed by atoms with van der Waals surface area (Å²) in [5.74, 6) is 0. The standard InChI is InChI=1S/C8H15NO/c10-7-8-3-1-5-9(8)6-2-4-8/h10H,1-7H2. The number of nitrogens with zero attached hydrogens (tertiary/aromatic N) is 1. The fraction of sp³-hybridized carbons (Fsp3) is 1.00. The van der Waals surface area contributed by atoms with Gasteiger partial charge in [0.1, 0.15) is 0 Å². The third kappa shape index (κ3) is 0.722. The van der Waals surface area contributed by atoms with Crippen LogP contribution in [-0.4, -0.2) is 35.2 Å². The zero-order valence-corrected chi connectivity index (χ0v) is 6.34. The Balaban J connectivity index is 2.15. The van der Waals surface area contributed by atoms with Crippen molar-refractivity contribution in [3.63, 3.8) is 0 Å². The van der Waals surface area contributed by atoms with Crippen molar-refractivity contribution in [1.82, 2.24) is 4.90 Å². The molecule has 2 saturated heterocycles. The van der Waals surface area contributed by atoms with Crippen LogP contribution in [0.15, 0.2) is 0 Å². The summed E-state index contributed by atoms with van der Waals surface area (Å²) in [4.78, 5) is 2.47. The molecule has 0 spiro atoms. The quantitative estimate of drug-likeness (QED) is 0.578. The average Bonchev–Trinajstić information content (AvgIpc) is 2.42. The van der Waals surface area contributed by atoms with Crippen molar-refractivity contribution >= 4 is 0 Å². The van der Waals surface area contributed by atoms with Crippen LogP contribution in [0.5, 0.6) is 0 Å². The maximum Gasteiger partial charge on any atom is 0.0615 e. The van der Waals surface area contributed by atoms with Gasteiger partial charge >= 0.3 is 0 Å². The van der Waals surface area contributed by atoms with E-state index in [1.54, 1.807) is 0 Å². The molecule has 58 valence electrons. The van der Waals surface area contributed by atoms with Crippen LogP contribution in [0.25, 0.3) is 0 Å². The molecule has 0 bridgehead atoms. The minimum atomic E-state index is 0.236. The number of aliphatic hydroxyl groups is 1. The number of rotatable bonds is 1. The summed E-state index contributed by atoms with van der Waals surface area (Å²) < 4.78 is 0. The van der Waals surface area contributed by atoms with E-state index in [0.29, 0.717) is 6.61 Å². The summed E-state index contributed by atoms with van der Waals surface area (Å²) >= 11 is 0. The lowest BCUT2D eigenvalue weighted by atomic mass is 9.96. The van der Waals surface area contributed by atoms with Crippen LogP contribution in [0.3, 0.4) is 0 Å². The fourth-order valence-electron chi connectivity index (χ4n) is 2.48. The normalized spacial score (nSPS) is 30.9. The van der Waals surface area contributed by atoms with Gasteiger partial charge in [0, 0.05) is 5.54 Å². The average molecular weight is 141 g/mol. The van der Waals surface area contributed by atoms with Crippen LogP contribution >= 0.6 is 0 Å². The predicted octanol–water partition coefficient (Wildman–Crippen LogP) is 0.607. The van der Waals surface area contributed by atoms with Crippen molar-refractivity contribution in [2.75, 3.05) is 19.7 Å². The molecule has 0 aromatic carbocycles. The van der Waals surface area contributed by atoms with E-state index < -0.39 is 0 Å². The third-order valence-corrected chi connectivity index (χ3v) is 3.11. The first-order chi connectivity index (χ1) is 4.87. The zero-order valence-electron chi connectivity index (χ0n) is 6.34. The molecule has 2 heteroatoms. The lowest BCUT2D eigenvalue weighted by molar-refractivity contribution is 0.0999. The van der Waals surface area contributed by atoms with E-state index in [1.165, 1.54) is 38.8 Å². The van der Waals surface area contributed by atoms with Gasteiger partial charge in [-0.2, -0.15) is 0 Å². The van der Waals surface area contributed by atoms with Gasteiger partial charge in [-0.3, -0.25) is 4.90 Å². The molecule has 0 unspecified atom stereocenters. The van der Waals surface area contributed by atoms with Crippen LogP contribution in [0.2, 0.25) is 0 Å². The second-order valence-electron chi connectivity index (χ2n) is 3.58. The van der Waals surface area contributed by atoms with Crippen molar-refractivity contribution in [2.24, 2.45) is 0 Å². The Labute approximate surface area is 61.8 Å². The van der Waals surface area contributed by atoms with Gasteiger partial charge < -0.3 is 5.11 Å². The summed E-state index contributed by atoms with van der Waals surface area (Å²) in [7, 11) is 0. The van der Waals surface area contributed by atoms with Gasteiger partial charge in [0.25, 0.3) is 0 Å². The van der Waals surface area contributed by atoms with E-state index in [2.05, 4.69) is 4.90 Å². The molecule has 0 aliphatic carbocycles. The Kier molecular flexibility index (Phi) is 1.46. The van der Waals surface area contributed by atoms with E-state index in [-0.39, 0.29) is 5.54 Å². The van der Waals surface area contributed by atoms with E-state index >= 15 is 0 Å². The summed E-state index contributed by atoms with van der Waals surface area (Å²) in [5.41, 5.74) is 0.236. The predicted molar refractivity (Wildman–Crippen MR) is 39.9 cm³/mol. The van der Waals surface area contributed by atoms with Crippen molar-refractivity contribution in [1.29, 1.82) is 0 Å². The van der Waals surface area contributed by atoms with Gasteiger partial charge in [-0.1, -0.05) is 0 Å². The van der Waals surface area contributed by atoms with Crippen LogP contribution in [0.1, 0.15) is 25.7 Å². The van der Waals surface area contributed by atoms with Crippen LogP contribution in [0.4, 0.5) is 0 Å². The molecule has 2 nitrogen and oxygen atoms in total. The lowest BCUT2D eigenvalue weighted by Crippen LogP contribution is -2.41. The number of fused-ring (bicyclic) bond motifs is 1. The highest BCUT2D eigenvalue weighted by atomic mass is 16.3. The van der Waals surface area contributed by atoms with Gasteiger partial charge in [-0.15, -0.1) is 0 Å². The molecular weight excluding hydrogens is 126 g/mol. The van der Waals surface area contributed by atoms with Crippen LogP contribution < -0.4 is 0 Å². The van der Waals surface area contributed by atoms with E-state index in [4.69, 9.17) is 0 Å². The highest BCUT2D eigenvalue weighted by Crippen LogP contribution is 2.37. The van der Waals surface area contributed by atoms with Gasteiger partial charge in [-0.25, -0.2) is 0 Å². The molecule has 2 rings (SSSR count). The minimum absolute atomic E-state index is 0.236. The fourth-order valence-corrected chi connectivity index (χ4v) is 2.48. The maximum absolute atomic E-state index is 9.19. The molecule has 0 radical (unpaired) electrons. The molecule has 0 aromatic heterocycles. The second-order valence-corrected chi connectivity index (χ2v) is 3.58. The first-order valence-electron chi connectivity index (χ1n) is 4.23. The Bertz CT molecular complexity index is 125. The van der Waals surface area contributed by atoms with Crippen molar-refractivity contribution in [3.05, 3.63) is 0 Å². The second kappa shape index (κ2) is 2.21.